The Labute approximate surface area is 103 Å². The molecule has 1 fully saturated rings. The van der Waals surface area contributed by atoms with Gasteiger partial charge in [0.25, 0.3) is 0 Å². The van der Waals surface area contributed by atoms with Crippen molar-refractivity contribution in [3.05, 3.63) is 28.7 Å². The number of aliphatic hydroxyl groups excluding tert-OH is 1. The van der Waals surface area contributed by atoms with Crippen molar-refractivity contribution in [2.45, 2.75) is 6.42 Å². The molecule has 0 aromatic heterocycles. The van der Waals surface area contributed by atoms with Crippen molar-refractivity contribution in [2.24, 2.45) is 0 Å². The Bertz CT molecular complexity index is 397. The first-order valence-electron chi connectivity index (χ1n) is 5.16. The lowest BCUT2D eigenvalue weighted by atomic mass is 10.3. The smallest absolute Gasteiger partial charge is 0.243 e. The predicted octanol–water partition coefficient (Wildman–Crippen LogP) is 1.40. The number of rotatable bonds is 3. The third-order valence-corrected chi connectivity index (χ3v) is 3.03. The van der Waals surface area contributed by atoms with Crippen LogP contribution in [0.15, 0.2) is 28.7 Å². The third-order valence-electron chi connectivity index (χ3n) is 2.53. The number of hydrogen-bond acceptors (Lipinski definition) is 3. The van der Waals surface area contributed by atoms with Gasteiger partial charge in [-0.3, -0.25) is 14.8 Å². The SMILES string of the molecule is O=C1CCN(c2cccc(Br)c2)N1CCO. The molecule has 0 saturated carbocycles. The minimum Gasteiger partial charge on any atom is -0.394 e. The molecular formula is C11H13BrN2O2. The van der Waals surface area contributed by atoms with Gasteiger partial charge in [-0.25, -0.2) is 0 Å². The molecule has 0 atom stereocenters. The summed E-state index contributed by atoms with van der Waals surface area (Å²) in [6.45, 7) is 1.01. The molecule has 1 N–H and O–H groups in total. The minimum absolute atomic E-state index is 0.0176. The maximum atomic E-state index is 11.6. The van der Waals surface area contributed by atoms with Gasteiger partial charge in [-0.15, -0.1) is 0 Å². The van der Waals surface area contributed by atoms with E-state index in [1.807, 2.05) is 29.3 Å². The summed E-state index contributed by atoms with van der Waals surface area (Å²) in [6, 6.07) is 7.79. The molecule has 0 radical (unpaired) electrons. The van der Waals surface area contributed by atoms with E-state index in [4.69, 9.17) is 5.11 Å². The van der Waals surface area contributed by atoms with Gasteiger partial charge in [-0.05, 0) is 18.2 Å². The minimum atomic E-state index is -0.0176. The molecule has 5 heteroatoms. The molecule has 1 aliphatic heterocycles. The largest absolute Gasteiger partial charge is 0.394 e. The second-order valence-electron chi connectivity index (χ2n) is 3.59. The zero-order chi connectivity index (χ0) is 11.5. The maximum Gasteiger partial charge on any atom is 0.243 e. The van der Waals surface area contributed by atoms with Crippen LogP contribution in [0.5, 0.6) is 0 Å². The normalized spacial score (nSPS) is 16.0. The topological polar surface area (TPSA) is 43.8 Å². The van der Waals surface area contributed by atoms with Crippen molar-refractivity contribution in [1.29, 1.82) is 0 Å². The number of benzene rings is 1. The van der Waals surface area contributed by atoms with E-state index in [1.54, 1.807) is 5.01 Å². The fourth-order valence-corrected chi connectivity index (χ4v) is 2.22. The summed E-state index contributed by atoms with van der Waals surface area (Å²) in [6.07, 6.45) is 0.506. The molecule has 1 aliphatic rings. The number of hydrogen-bond donors (Lipinski definition) is 1. The molecule has 2 rings (SSSR count). The first kappa shape index (κ1) is 11.4. The fraction of sp³-hybridized carbons (Fsp3) is 0.364. The standard InChI is InChI=1S/C11H13BrN2O2/c12-9-2-1-3-10(8-9)13-5-4-11(16)14(13)6-7-15/h1-3,8,15H,4-7H2. The van der Waals surface area contributed by atoms with Crippen LogP contribution in [0.1, 0.15) is 6.42 Å². The van der Waals surface area contributed by atoms with Crippen molar-refractivity contribution >= 4 is 27.5 Å². The monoisotopic (exact) mass is 284 g/mol. The van der Waals surface area contributed by atoms with E-state index in [2.05, 4.69) is 15.9 Å². The number of carbonyl (C=O) groups is 1. The first-order chi connectivity index (χ1) is 7.72. The molecule has 1 aromatic rings. The highest BCUT2D eigenvalue weighted by Gasteiger charge is 2.28. The molecular weight excluding hydrogens is 272 g/mol. The van der Waals surface area contributed by atoms with Crippen LogP contribution in [-0.2, 0) is 4.79 Å². The number of anilines is 1. The van der Waals surface area contributed by atoms with Crippen molar-refractivity contribution in [1.82, 2.24) is 5.01 Å². The number of carbonyl (C=O) groups excluding carboxylic acids is 1. The molecule has 1 heterocycles. The van der Waals surface area contributed by atoms with Crippen LogP contribution in [0.4, 0.5) is 5.69 Å². The molecule has 0 bridgehead atoms. The van der Waals surface area contributed by atoms with Crippen LogP contribution in [0.3, 0.4) is 0 Å². The van der Waals surface area contributed by atoms with E-state index < -0.39 is 0 Å². The van der Waals surface area contributed by atoms with E-state index in [0.717, 1.165) is 10.2 Å². The van der Waals surface area contributed by atoms with Gasteiger partial charge in [0.15, 0.2) is 0 Å². The van der Waals surface area contributed by atoms with Crippen LogP contribution in [0, 0.1) is 0 Å². The Morgan fingerprint density at radius 2 is 2.25 bits per heavy atom. The molecule has 16 heavy (non-hydrogen) atoms. The number of aliphatic hydroxyl groups is 1. The number of amides is 1. The van der Waals surface area contributed by atoms with E-state index in [-0.39, 0.29) is 12.5 Å². The molecule has 0 spiro atoms. The Morgan fingerprint density at radius 3 is 2.94 bits per heavy atom. The summed E-state index contributed by atoms with van der Waals surface area (Å²) in [4.78, 5) is 11.6. The predicted molar refractivity (Wildman–Crippen MR) is 64.9 cm³/mol. The van der Waals surface area contributed by atoms with Gasteiger partial charge in [-0.1, -0.05) is 22.0 Å². The highest BCUT2D eigenvalue weighted by Crippen LogP contribution is 2.25. The molecule has 0 unspecified atom stereocenters. The number of nitrogens with zero attached hydrogens (tertiary/aromatic N) is 2. The zero-order valence-corrected chi connectivity index (χ0v) is 10.4. The summed E-state index contributed by atoms with van der Waals surface area (Å²) < 4.78 is 0.980. The summed E-state index contributed by atoms with van der Waals surface area (Å²) >= 11 is 3.40. The summed E-state index contributed by atoms with van der Waals surface area (Å²) in [5.74, 6) is 0.0639. The molecule has 1 saturated heterocycles. The van der Waals surface area contributed by atoms with Gasteiger partial charge < -0.3 is 5.11 Å². The second-order valence-corrected chi connectivity index (χ2v) is 4.51. The lowest BCUT2D eigenvalue weighted by Crippen LogP contribution is -2.40. The Hall–Kier alpha value is -1.07. The van der Waals surface area contributed by atoms with Crippen LogP contribution < -0.4 is 5.01 Å². The van der Waals surface area contributed by atoms with Gasteiger partial charge in [-0.2, -0.15) is 0 Å². The van der Waals surface area contributed by atoms with E-state index in [1.165, 1.54) is 0 Å². The molecule has 4 nitrogen and oxygen atoms in total. The summed E-state index contributed by atoms with van der Waals surface area (Å²) in [5, 5.41) is 12.4. The fourth-order valence-electron chi connectivity index (χ4n) is 1.83. The van der Waals surface area contributed by atoms with Crippen LogP contribution >= 0.6 is 15.9 Å². The average Bonchev–Trinajstić information content (AvgIpc) is 2.61. The Morgan fingerprint density at radius 1 is 1.44 bits per heavy atom. The van der Waals surface area contributed by atoms with Crippen molar-refractivity contribution < 1.29 is 9.90 Å². The van der Waals surface area contributed by atoms with Gasteiger partial charge in [0, 0.05) is 17.4 Å². The van der Waals surface area contributed by atoms with Gasteiger partial charge in [0.1, 0.15) is 0 Å². The third kappa shape index (κ3) is 2.20. The van der Waals surface area contributed by atoms with Crippen molar-refractivity contribution in [3.8, 4) is 0 Å². The molecule has 1 aromatic carbocycles. The van der Waals surface area contributed by atoms with Gasteiger partial charge in [0.2, 0.25) is 5.91 Å². The maximum absolute atomic E-state index is 11.6. The quantitative estimate of drug-likeness (QED) is 0.913. The number of hydrazine groups is 1. The van der Waals surface area contributed by atoms with E-state index in [9.17, 15) is 4.79 Å². The summed E-state index contributed by atoms with van der Waals surface area (Å²) in [7, 11) is 0. The van der Waals surface area contributed by atoms with Crippen molar-refractivity contribution in [2.75, 3.05) is 24.7 Å². The van der Waals surface area contributed by atoms with Gasteiger partial charge in [0.05, 0.1) is 18.8 Å². The second kappa shape index (κ2) is 4.84. The summed E-state index contributed by atoms with van der Waals surface area (Å²) in [5.41, 5.74) is 0.966. The number of halogens is 1. The molecule has 1 amide bonds. The van der Waals surface area contributed by atoms with Crippen LogP contribution in [0.25, 0.3) is 0 Å². The van der Waals surface area contributed by atoms with Gasteiger partial charge >= 0.3 is 0 Å². The Kier molecular flexibility index (Phi) is 3.46. The molecule has 86 valence electrons. The Balaban J connectivity index is 2.23. The lowest BCUT2D eigenvalue weighted by Gasteiger charge is -2.29. The zero-order valence-electron chi connectivity index (χ0n) is 8.77. The van der Waals surface area contributed by atoms with Crippen LogP contribution in [0.2, 0.25) is 0 Å². The van der Waals surface area contributed by atoms with E-state index in [0.29, 0.717) is 19.5 Å². The van der Waals surface area contributed by atoms with Crippen LogP contribution in [-0.4, -0.2) is 35.7 Å². The highest BCUT2D eigenvalue weighted by atomic mass is 79.9. The average molecular weight is 285 g/mol. The van der Waals surface area contributed by atoms with Crippen molar-refractivity contribution in [3.63, 3.8) is 0 Å². The van der Waals surface area contributed by atoms with E-state index >= 15 is 0 Å². The first-order valence-corrected chi connectivity index (χ1v) is 5.96. The number of β-amino-alcohol motifs (C(OH)–C–C–N with tert-alkyl or cyclic N) is 1. The highest BCUT2D eigenvalue weighted by molar-refractivity contribution is 9.10. The molecule has 0 aliphatic carbocycles. The lowest BCUT2D eigenvalue weighted by molar-refractivity contribution is -0.128.